The summed E-state index contributed by atoms with van der Waals surface area (Å²) in [6.45, 7) is 4.10. The molecule has 1 heterocycles. The molecule has 0 saturated carbocycles. The van der Waals surface area contributed by atoms with Gasteiger partial charge in [0.2, 0.25) is 21.7 Å². The maximum atomic E-state index is 12.1. The van der Waals surface area contributed by atoms with Gasteiger partial charge in [0.1, 0.15) is 0 Å². The van der Waals surface area contributed by atoms with Crippen LogP contribution in [0, 0.1) is 0 Å². The lowest BCUT2D eigenvalue weighted by atomic mass is 9.99. The molecule has 0 radical (unpaired) electrons. The summed E-state index contributed by atoms with van der Waals surface area (Å²) in [5.74, 6) is -0.976. The van der Waals surface area contributed by atoms with E-state index in [1.165, 1.54) is 13.8 Å². The summed E-state index contributed by atoms with van der Waals surface area (Å²) >= 11 is 0. The van der Waals surface area contributed by atoms with Crippen molar-refractivity contribution < 1.29 is 18.0 Å². The summed E-state index contributed by atoms with van der Waals surface area (Å²) in [6, 6.07) is 8.71. The third-order valence-corrected chi connectivity index (χ3v) is 4.42. The quantitative estimate of drug-likeness (QED) is 0.768. The zero-order valence-electron chi connectivity index (χ0n) is 12.8. The van der Waals surface area contributed by atoms with Gasteiger partial charge in [0, 0.05) is 25.7 Å². The van der Waals surface area contributed by atoms with E-state index in [1.807, 2.05) is 0 Å². The number of hydrazone groups is 1. The third-order valence-electron chi connectivity index (χ3n) is 3.49. The Balaban J connectivity index is 2.75. The number of sulfone groups is 1. The Kier molecular flexibility index (Phi) is 3.82. The minimum absolute atomic E-state index is 0.429. The van der Waals surface area contributed by atoms with Crippen LogP contribution in [0.25, 0.3) is 0 Å². The predicted molar refractivity (Wildman–Crippen MR) is 81.1 cm³/mol. The number of carbonyl (C=O) groups excluding carboxylic acids is 2. The summed E-state index contributed by atoms with van der Waals surface area (Å²) in [6.07, 6.45) is 0.955. The molecule has 7 nitrogen and oxygen atoms in total. The summed E-state index contributed by atoms with van der Waals surface area (Å²) in [5.41, 5.74) is -0.736. The first-order valence-corrected chi connectivity index (χ1v) is 8.45. The van der Waals surface area contributed by atoms with Crippen LogP contribution < -0.4 is 0 Å². The van der Waals surface area contributed by atoms with Crippen molar-refractivity contribution in [1.82, 2.24) is 9.91 Å². The van der Waals surface area contributed by atoms with E-state index in [0.29, 0.717) is 5.56 Å². The third kappa shape index (κ3) is 2.39. The Morgan fingerprint density at radius 2 is 1.64 bits per heavy atom. The van der Waals surface area contributed by atoms with Crippen molar-refractivity contribution in [2.45, 2.75) is 26.4 Å². The number of amidine groups is 1. The first-order chi connectivity index (χ1) is 10.1. The highest BCUT2D eigenvalue weighted by atomic mass is 32.2. The van der Waals surface area contributed by atoms with Gasteiger partial charge in [-0.2, -0.15) is 0 Å². The molecule has 1 aliphatic rings. The molecule has 0 aromatic heterocycles. The van der Waals surface area contributed by atoms with Crippen molar-refractivity contribution in [2.24, 2.45) is 5.10 Å². The molecular formula is C14H17N3O4S. The van der Waals surface area contributed by atoms with Crippen molar-refractivity contribution in [3.05, 3.63) is 35.9 Å². The number of hydrogen-bond acceptors (Lipinski definition) is 5. The van der Waals surface area contributed by atoms with Crippen molar-refractivity contribution in [3.8, 4) is 0 Å². The summed E-state index contributed by atoms with van der Waals surface area (Å²) < 4.78 is 23.9. The van der Waals surface area contributed by atoms with Gasteiger partial charge < -0.3 is 0 Å². The summed E-state index contributed by atoms with van der Waals surface area (Å²) in [4.78, 5) is 25.1. The summed E-state index contributed by atoms with van der Waals surface area (Å²) in [5, 5.41) is 4.51. The van der Waals surface area contributed by atoms with Gasteiger partial charge in [0.15, 0.2) is 5.66 Å². The van der Waals surface area contributed by atoms with Crippen LogP contribution in [-0.4, -0.2) is 41.6 Å². The number of carbonyl (C=O) groups is 2. The zero-order chi connectivity index (χ0) is 16.7. The lowest BCUT2D eigenvalue weighted by molar-refractivity contribution is -0.144. The van der Waals surface area contributed by atoms with Crippen LogP contribution in [0.4, 0.5) is 0 Å². The largest absolute Gasteiger partial charge is 0.275 e. The molecule has 1 aromatic carbocycles. The van der Waals surface area contributed by atoms with Crippen LogP contribution in [0.1, 0.15) is 26.3 Å². The van der Waals surface area contributed by atoms with Gasteiger partial charge in [-0.1, -0.05) is 30.3 Å². The molecule has 1 atom stereocenters. The minimum atomic E-state index is -3.78. The molecule has 0 fully saturated rings. The lowest BCUT2D eigenvalue weighted by Crippen LogP contribution is -2.54. The van der Waals surface area contributed by atoms with Crippen LogP contribution in [0.15, 0.2) is 35.4 Å². The highest BCUT2D eigenvalue weighted by Gasteiger charge is 2.53. The monoisotopic (exact) mass is 323 g/mol. The van der Waals surface area contributed by atoms with Gasteiger partial charge in [-0.05, 0) is 6.92 Å². The molecule has 1 aliphatic heterocycles. The molecule has 1 aromatic rings. The zero-order valence-corrected chi connectivity index (χ0v) is 13.6. The lowest BCUT2D eigenvalue weighted by Gasteiger charge is -2.38. The van der Waals surface area contributed by atoms with Gasteiger partial charge in [-0.25, -0.2) is 13.4 Å². The molecule has 1 unspecified atom stereocenters. The number of benzene rings is 1. The molecule has 0 saturated heterocycles. The van der Waals surface area contributed by atoms with Crippen molar-refractivity contribution in [2.75, 3.05) is 6.26 Å². The second-order valence-electron chi connectivity index (χ2n) is 5.23. The molecule has 0 aliphatic carbocycles. The fraction of sp³-hybridized carbons (Fsp3) is 0.357. The number of rotatable bonds is 1. The van der Waals surface area contributed by atoms with E-state index in [1.54, 1.807) is 37.3 Å². The van der Waals surface area contributed by atoms with Crippen LogP contribution in [0.3, 0.4) is 0 Å². The predicted octanol–water partition coefficient (Wildman–Crippen LogP) is 0.885. The average Bonchev–Trinajstić information content (AvgIpc) is 2.75. The van der Waals surface area contributed by atoms with E-state index in [2.05, 4.69) is 5.10 Å². The fourth-order valence-corrected chi connectivity index (χ4v) is 3.44. The average molecular weight is 323 g/mol. The molecule has 2 rings (SSSR count). The maximum absolute atomic E-state index is 12.1. The van der Waals surface area contributed by atoms with Crippen molar-refractivity contribution in [1.29, 1.82) is 0 Å². The number of nitrogens with zero attached hydrogens (tertiary/aromatic N) is 3. The number of amides is 2. The van der Waals surface area contributed by atoms with Crippen LogP contribution in [-0.2, 0) is 25.1 Å². The molecule has 8 heteroatoms. The van der Waals surface area contributed by atoms with Crippen molar-refractivity contribution in [3.63, 3.8) is 0 Å². The van der Waals surface area contributed by atoms with E-state index in [9.17, 15) is 18.0 Å². The van der Waals surface area contributed by atoms with Crippen molar-refractivity contribution >= 4 is 26.8 Å². The van der Waals surface area contributed by atoms with Gasteiger partial charge in [-0.15, -0.1) is 5.10 Å². The van der Waals surface area contributed by atoms with E-state index in [0.717, 1.165) is 16.2 Å². The van der Waals surface area contributed by atoms with E-state index >= 15 is 0 Å². The summed E-state index contributed by atoms with van der Waals surface area (Å²) in [7, 11) is -3.78. The molecule has 118 valence electrons. The van der Waals surface area contributed by atoms with Gasteiger partial charge in [-0.3, -0.25) is 14.5 Å². The Morgan fingerprint density at radius 1 is 1.09 bits per heavy atom. The second-order valence-corrected chi connectivity index (χ2v) is 7.14. The standard InChI is InChI=1S/C14H17N3O4S/c1-10(18)16-13(22(4,20)21)15-17(11(2)19)14(16,3)12-8-6-5-7-9-12/h5-9H,1-4H3. The minimum Gasteiger partial charge on any atom is -0.275 e. The molecule has 0 spiro atoms. The molecule has 2 amide bonds. The Hall–Kier alpha value is -2.22. The van der Waals surface area contributed by atoms with Gasteiger partial charge in [0.25, 0.3) is 5.17 Å². The Labute approximate surface area is 129 Å². The van der Waals surface area contributed by atoms with Crippen LogP contribution in [0.5, 0.6) is 0 Å². The first-order valence-electron chi connectivity index (χ1n) is 6.56. The fourth-order valence-electron chi connectivity index (χ4n) is 2.57. The van der Waals surface area contributed by atoms with Gasteiger partial charge >= 0.3 is 0 Å². The Bertz CT molecular complexity index is 758. The second kappa shape index (κ2) is 5.20. The topological polar surface area (TPSA) is 87.1 Å². The molecular weight excluding hydrogens is 306 g/mol. The molecule has 0 bridgehead atoms. The number of hydrogen-bond donors (Lipinski definition) is 0. The smallest absolute Gasteiger partial charge is 0.250 e. The van der Waals surface area contributed by atoms with Crippen LogP contribution in [0.2, 0.25) is 0 Å². The highest BCUT2D eigenvalue weighted by molar-refractivity contribution is 8.05. The van der Waals surface area contributed by atoms with Crippen LogP contribution >= 0.6 is 0 Å². The van der Waals surface area contributed by atoms with E-state index in [4.69, 9.17) is 0 Å². The normalized spacial score (nSPS) is 21.7. The highest BCUT2D eigenvalue weighted by Crippen LogP contribution is 2.38. The molecule has 0 N–H and O–H groups in total. The first kappa shape index (κ1) is 16.2. The molecule has 22 heavy (non-hydrogen) atoms. The maximum Gasteiger partial charge on any atom is 0.250 e. The van der Waals surface area contributed by atoms with E-state index < -0.39 is 32.5 Å². The van der Waals surface area contributed by atoms with Gasteiger partial charge in [0.05, 0.1) is 0 Å². The Morgan fingerprint density at radius 3 is 2.05 bits per heavy atom. The SMILES string of the molecule is CC(=O)N1N=C(S(C)(=O)=O)N(C(C)=O)C1(C)c1ccccc1. The van der Waals surface area contributed by atoms with E-state index in [-0.39, 0.29) is 0 Å².